The van der Waals surface area contributed by atoms with Gasteiger partial charge in [0.25, 0.3) is 5.91 Å². The first-order chi connectivity index (χ1) is 16.4. The van der Waals surface area contributed by atoms with Gasteiger partial charge < -0.3 is 5.32 Å². The fourth-order valence-corrected chi connectivity index (χ4v) is 3.41. The third-order valence-electron chi connectivity index (χ3n) is 5.08. The molecule has 0 aliphatic carbocycles. The summed E-state index contributed by atoms with van der Waals surface area (Å²) in [5, 5.41) is 7.57. The number of halogens is 3. The highest BCUT2D eigenvalue weighted by atomic mass is 19.4. The summed E-state index contributed by atoms with van der Waals surface area (Å²) in [7, 11) is 0. The Hall–Kier alpha value is -4.60. The van der Waals surface area contributed by atoms with Gasteiger partial charge >= 0.3 is 6.18 Å². The van der Waals surface area contributed by atoms with Crippen LogP contribution in [0, 0.1) is 0 Å². The average Bonchev–Trinajstić information content (AvgIpc) is 3.34. The molecule has 5 rings (SSSR count). The molecule has 0 aliphatic rings. The molecular formula is C24H15F3N6O. The van der Waals surface area contributed by atoms with Gasteiger partial charge in [-0.3, -0.25) is 9.78 Å². The summed E-state index contributed by atoms with van der Waals surface area (Å²) in [6.45, 7) is 0. The van der Waals surface area contributed by atoms with Gasteiger partial charge in [0.1, 0.15) is 5.69 Å². The molecule has 1 amide bonds. The van der Waals surface area contributed by atoms with Gasteiger partial charge in [-0.25, -0.2) is 14.6 Å². The zero-order valence-electron chi connectivity index (χ0n) is 17.4. The van der Waals surface area contributed by atoms with E-state index in [-0.39, 0.29) is 11.4 Å². The number of amides is 1. The smallest absolute Gasteiger partial charge is 0.322 e. The maximum atomic E-state index is 13.0. The van der Waals surface area contributed by atoms with Crippen molar-refractivity contribution in [2.24, 2.45) is 0 Å². The zero-order valence-corrected chi connectivity index (χ0v) is 17.4. The van der Waals surface area contributed by atoms with Crippen LogP contribution in [0.3, 0.4) is 0 Å². The predicted molar refractivity (Wildman–Crippen MR) is 119 cm³/mol. The van der Waals surface area contributed by atoms with Crippen molar-refractivity contribution in [2.75, 3.05) is 5.32 Å². The van der Waals surface area contributed by atoms with Crippen molar-refractivity contribution in [1.29, 1.82) is 0 Å². The minimum atomic E-state index is -4.53. The Morgan fingerprint density at radius 1 is 0.912 bits per heavy atom. The number of anilines is 1. The molecule has 0 saturated heterocycles. The third kappa shape index (κ3) is 4.20. The molecule has 168 valence electrons. The van der Waals surface area contributed by atoms with Crippen LogP contribution in [0.4, 0.5) is 18.9 Å². The van der Waals surface area contributed by atoms with Gasteiger partial charge in [0, 0.05) is 41.4 Å². The number of alkyl halides is 3. The van der Waals surface area contributed by atoms with Crippen molar-refractivity contribution in [3.8, 4) is 16.9 Å². The number of nitrogens with one attached hydrogen (secondary N) is 1. The van der Waals surface area contributed by atoms with Gasteiger partial charge in [-0.15, -0.1) is 0 Å². The normalized spacial score (nSPS) is 11.5. The number of carbonyl (C=O) groups excluding carboxylic acids is 1. The number of pyridine rings is 3. The lowest BCUT2D eigenvalue weighted by molar-refractivity contribution is -0.140. The molecule has 0 fully saturated rings. The summed E-state index contributed by atoms with van der Waals surface area (Å²) in [6, 6.07) is 14.2. The maximum Gasteiger partial charge on any atom is 0.433 e. The van der Waals surface area contributed by atoms with Crippen molar-refractivity contribution < 1.29 is 18.0 Å². The number of aromatic nitrogens is 5. The van der Waals surface area contributed by atoms with E-state index in [1.807, 2.05) is 12.1 Å². The number of hydrogen-bond donors (Lipinski definition) is 1. The van der Waals surface area contributed by atoms with Crippen LogP contribution < -0.4 is 5.32 Å². The molecule has 4 aromatic heterocycles. The lowest BCUT2D eigenvalue weighted by atomic mass is 10.1. The van der Waals surface area contributed by atoms with Gasteiger partial charge in [0.05, 0.1) is 17.3 Å². The monoisotopic (exact) mass is 460 g/mol. The van der Waals surface area contributed by atoms with Crippen molar-refractivity contribution in [1.82, 2.24) is 24.7 Å². The fourth-order valence-electron chi connectivity index (χ4n) is 3.41. The lowest BCUT2D eigenvalue weighted by Gasteiger charge is -2.09. The highest BCUT2D eigenvalue weighted by Crippen LogP contribution is 2.30. The summed E-state index contributed by atoms with van der Waals surface area (Å²) in [6.07, 6.45) is 3.30. The van der Waals surface area contributed by atoms with Crippen LogP contribution in [0.5, 0.6) is 0 Å². The molecule has 1 aromatic carbocycles. The Balaban J connectivity index is 1.39. The van der Waals surface area contributed by atoms with E-state index in [4.69, 9.17) is 0 Å². The van der Waals surface area contributed by atoms with Crippen molar-refractivity contribution in [3.05, 3.63) is 96.8 Å². The number of carbonyl (C=O) groups is 1. The SMILES string of the molecule is O=C(Nc1ccc(-c2cnn(-c3nccc4nc(C(F)(F)F)ccc34)c2)cc1)c1cccnc1. The zero-order chi connectivity index (χ0) is 23.7. The van der Waals surface area contributed by atoms with E-state index >= 15 is 0 Å². The van der Waals surface area contributed by atoms with Gasteiger partial charge in [-0.2, -0.15) is 18.3 Å². The molecule has 34 heavy (non-hydrogen) atoms. The Labute approximate surface area is 190 Å². The summed E-state index contributed by atoms with van der Waals surface area (Å²) in [5.74, 6) is 0.100. The molecule has 0 atom stereocenters. The quantitative estimate of drug-likeness (QED) is 0.401. The number of nitrogens with zero attached hydrogens (tertiary/aromatic N) is 5. The average molecular weight is 460 g/mol. The minimum absolute atomic E-state index is 0.172. The van der Waals surface area contributed by atoms with E-state index in [2.05, 4.69) is 25.4 Å². The summed E-state index contributed by atoms with van der Waals surface area (Å²) < 4.78 is 40.5. The van der Waals surface area contributed by atoms with E-state index < -0.39 is 11.9 Å². The molecule has 10 heteroatoms. The van der Waals surface area contributed by atoms with Crippen LogP contribution in [0.2, 0.25) is 0 Å². The number of hydrogen-bond acceptors (Lipinski definition) is 5. The molecule has 0 saturated carbocycles. The largest absolute Gasteiger partial charge is 0.433 e. The molecule has 0 unspecified atom stereocenters. The van der Waals surface area contributed by atoms with Crippen LogP contribution in [0.1, 0.15) is 16.1 Å². The molecular weight excluding hydrogens is 445 g/mol. The van der Waals surface area contributed by atoms with Crippen LogP contribution >= 0.6 is 0 Å². The highest BCUT2D eigenvalue weighted by Gasteiger charge is 2.32. The van der Waals surface area contributed by atoms with Crippen molar-refractivity contribution in [2.45, 2.75) is 6.18 Å². The van der Waals surface area contributed by atoms with Gasteiger partial charge in [0.15, 0.2) is 5.82 Å². The summed E-state index contributed by atoms with van der Waals surface area (Å²) in [4.78, 5) is 24.2. The second kappa shape index (κ2) is 8.39. The first kappa shape index (κ1) is 21.3. The van der Waals surface area contributed by atoms with Gasteiger partial charge in [-0.05, 0) is 48.0 Å². The Morgan fingerprint density at radius 2 is 1.74 bits per heavy atom. The third-order valence-corrected chi connectivity index (χ3v) is 5.08. The molecule has 7 nitrogen and oxygen atoms in total. The summed E-state index contributed by atoms with van der Waals surface area (Å²) >= 11 is 0. The molecule has 4 heterocycles. The van der Waals surface area contributed by atoms with E-state index in [9.17, 15) is 18.0 Å². The lowest BCUT2D eigenvalue weighted by Crippen LogP contribution is -2.11. The predicted octanol–water partition coefficient (Wildman–Crippen LogP) is 5.15. The first-order valence-corrected chi connectivity index (χ1v) is 10.1. The summed E-state index contributed by atoms with van der Waals surface area (Å²) in [5.41, 5.74) is 1.88. The second-order valence-electron chi connectivity index (χ2n) is 7.34. The Morgan fingerprint density at radius 3 is 2.47 bits per heavy atom. The Kier molecular flexibility index (Phi) is 5.25. The van der Waals surface area contributed by atoms with Crippen molar-refractivity contribution in [3.63, 3.8) is 0 Å². The van der Waals surface area contributed by atoms with Crippen LogP contribution in [-0.2, 0) is 6.18 Å². The number of benzene rings is 1. The number of fused-ring (bicyclic) bond motifs is 1. The van der Waals surface area contributed by atoms with E-state index in [1.165, 1.54) is 29.2 Å². The van der Waals surface area contributed by atoms with Crippen LogP contribution in [0.15, 0.2) is 85.6 Å². The van der Waals surface area contributed by atoms with Crippen LogP contribution in [-0.4, -0.2) is 30.6 Å². The molecule has 0 aliphatic heterocycles. The molecule has 1 N–H and O–H groups in total. The maximum absolute atomic E-state index is 13.0. The number of rotatable bonds is 4. The highest BCUT2D eigenvalue weighted by molar-refractivity contribution is 6.04. The van der Waals surface area contributed by atoms with E-state index in [0.29, 0.717) is 22.5 Å². The standard InChI is InChI=1S/C24H15F3N6O/c25-24(26,27)21-8-7-19-20(32-21)9-11-29-22(19)33-14-17(13-30-33)15-3-5-18(6-4-15)31-23(34)16-2-1-10-28-12-16/h1-14H,(H,31,34). The fraction of sp³-hybridized carbons (Fsp3) is 0.0417. The molecule has 0 spiro atoms. The molecule has 0 radical (unpaired) electrons. The second-order valence-corrected chi connectivity index (χ2v) is 7.34. The van der Waals surface area contributed by atoms with E-state index in [1.54, 1.807) is 42.9 Å². The Bertz CT molecular complexity index is 1480. The van der Waals surface area contributed by atoms with Crippen molar-refractivity contribution >= 4 is 22.5 Å². The van der Waals surface area contributed by atoms with Gasteiger partial charge in [0.2, 0.25) is 0 Å². The van der Waals surface area contributed by atoms with Gasteiger partial charge in [-0.1, -0.05) is 12.1 Å². The first-order valence-electron chi connectivity index (χ1n) is 10.1. The van der Waals surface area contributed by atoms with Crippen LogP contribution in [0.25, 0.3) is 27.8 Å². The van der Waals surface area contributed by atoms with E-state index in [0.717, 1.165) is 17.2 Å². The molecule has 0 bridgehead atoms. The minimum Gasteiger partial charge on any atom is -0.322 e. The topological polar surface area (TPSA) is 85.6 Å². The molecule has 5 aromatic rings.